The second kappa shape index (κ2) is 6.50. The van der Waals surface area contributed by atoms with Crippen molar-refractivity contribution in [1.82, 2.24) is 4.90 Å². The van der Waals surface area contributed by atoms with Gasteiger partial charge in [0.25, 0.3) is 0 Å². The number of hydrogen-bond donors (Lipinski definition) is 2. The van der Waals surface area contributed by atoms with Crippen molar-refractivity contribution in [1.29, 1.82) is 5.26 Å². The number of carbonyl (C=O) groups excluding carboxylic acids is 1. The van der Waals surface area contributed by atoms with Crippen LogP contribution in [0.25, 0.3) is 0 Å². The number of rotatable bonds is 5. The lowest BCUT2D eigenvalue weighted by Gasteiger charge is -2.20. The summed E-state index contributed by atoms with van der Waals surface area (Å²) < 4.78 is 27.2. The van der Waals surface area contributed by atoms with Crippen molar-refractivity contribution in [2.75, 3.05) is 25.0 Å². The van der Waals surface area contributed by atoms with Crippen LogP contribution in [-0.2, 0) is 4.79 Å². The molecule has 0 spiro atoms. The summed E-state index contributed by atoms with van der Waals surface area (Å²) in [6.07, 6.45) is 0.304. The molecule has 2 rings (SSSR count). The van der Waals surface area contributed by atoms with E-state index in [0.717, 1.165) is 18.6 Å². The molecule has 1 saturated heterocycles. The average molecular weight is 295 g/mol. The molecule has 21 heavy (non-hydrogen) atoms. The fraction of sp³-hybridized carbons (Fsp3) is 0.429. The van der Waals surface area contributed by atoms with Gasteiger partial charge in [-0.3, -0.25) is 4.79 Å². The maximum Gasteiger partial charge on any atom is 0.222 e. The van der Waals surface area contributed by atoms with E-state index in [-0.39, 0.29) is 30.2 Å². The van der Waals surface area contributed by atoms with E-state index < -0.39 is 17.7 Å². The predicted octanol–water partition coefficient (Wildman–Crippen LogP) is 1.23. The van der Waals surface area contributed by atoms with Crippen molar-refractivity contribution in [3.05, 3.63) is 29.3 Å². The van der Waals surface area contributed by atoms with Crippen LogP contribution in [0.5, 0.6) is 0 Å². The highest BCUT2D eigenvalue weighted by atomic mass is 19.1. The number of benzene rings is 1. The third-order valence-electron chi connectivity index (χ3n) is 3.29. The Hall–Kier alpha value is -2.20. The third-order valence-corrected chi connectivity index (χ3v) is 3.29. The van der Waals surface area contributed by atoms with E-state index in [1.54, 1.807) is 6.07 Å². The molecule has 1 fully saturated rings. The number of hydrogen-bond acceptors (Lipinski definition) is 4. The van der Waals surface area contributed by atoms with Crippen LogP contribution >= 0.6 is 0 Å². The third kappa shape index (κ3) is 3.67. The Labute approximate surface area is 120 Å². The molecule has 1 amide bonds. The highest BCUT2D eigenvalue weighted by Crippen LogP contribution is 2.20. The van der Waals surface area contributed by atoms with E-state index in [1.165, 1.54) is 4.90 Å². The zero-order valence-electron chi connectivity index (χ0n) is 11.3. The quantitative estimate of drug-likeness (QED) is 0.856. The molecule has 5 nitrogen and oxygen atoms in total. The van der Waals surface area contributed by atoms with Gasteiger partial charge in [-0.15, -0.1) is 0 Å². The second-order valence-electron chi connectivity index (χ2n) is 4.90. The molecule has 1 aromatic carbocycles. The van der Waals surface area contributed by atoms with Crippen molar-refractivity contribution in [2.24, 2.45) is 0 Å². The molecule has 0 bridgehead atoms. The number of nitrogens with zero attached hydrogens (tertiary/aromatic N) is 2. The first-order valence-electron chi connectivity index (χ1n) is 6.60. The van der Waals surface area contributed by atoms with Crippen molar-refractivity contribution < 1.29 is 18.7 Å². The molecule has 112 valence electrons. The van der Waals surface area contributed by atoms with E-state index >= 15 is 0 Å². The molecular weight excluding hydrogens is 280 g/mol. The number of likely N-dealkylation sites (tertiary alicyclic amines) is 1. The summed E-state index contributed by atoms with van der Waals surface area (Å²) in [5.74, 6) is -1.81. The smallest absolute Gasteiger partial charge is 0.222 e. The van der Waals surface area contributed by atoms with Gasteiger partial charge in [-0.2, -0.15) is 5.26 Å². The molecule has 1 aliphatic rings. The lowest BCUT2D eigenvalue weighted by Crippen LogP contribution is -2.36. The van der Waals surface area contributed by atoms with E-state index in [2.05, 4.69) is 5.32 Å². The maximum absolute atomic E-state index is 13.6. The first kappa shape index (κ1) is 15.2. The Kier molecular flexibility index (Phi) is 4.70. The standard InChI is InChI=1S/C14H15F2N3O2/c15-11-4-9(6-17)5-12(16)14(11)18-7-10(20)8-19-3-1-2-13(19)21/h4-5,10,18,20H,1-3,7-8H2. The average Bonchev–Trinajstić information content (AvgIpc) is 2.83. The Morgan fingerprint density at radius 3 is 2.62 bits per heavy atom. The number of amides is 1. The molecule has 1 unspecified atom stereocenters. The Balaban J connectivity index is 1.94. The molecule has 1 atom stereocenters. The monoisotopic (exact) mass is 295 g/mol. The summed E-state index contributed by atoms with van der Waals surface area (Å²) in [5.41, 5.74) is -0.500. The molecule has 1 aromatic rings. The van der Waals surface area contributed by atoms with Crippen LogP contribution in [0.2, 0.25) is 0 Å². The summed E-state index contributed by atoms with van der Waals surface area (Å²) in [4.78, 5) is 12.9. The summed E-state index contributed by atoms with van der Waals surface area (Å²) in [6, 6.07) is 3.49. The number of β-amino-alcohol motifs (C(OH)–C–C–N with tert-alkyl or cyclic N) is 1. The van der Waals surface area contributed by atoms with Gasteiger partial charge >= 0.3 is 0 Å². The van der Waals surface area contributed by atoms with Crippen molar-refractivity contribution in [3.63, 3.8) is 0 Å². The molecule has 1 heterocycles. The van der Waals surface area contributed by atoms with E-state index in [1.807, 2.05) is 0 Å². The van der Waals surface area contributed by atoms with E-state index in [0.29, 0.717) is 13.0 Å². The van der Waals surface area contributed by atoms with Crippen molar-refractivity contribution >= 4 is 11.6 Å². The highest BCUT2D eigenvalue weighted by Gasteiger charge is 2.22. The van der Waals surface area contributed by atoms with Crippen LogP contribution in [0.3, 0.4) is 0 Å². The molecule has 0 saturated carbocycles. The van der Waals surface area contributed by atoms with Crippen LogP contribution in [0.15, 0.2) is 12.1 Å². The molecular formula is C14H15F2N3O2. The number of nitriles is 1. The van der Waals surface area contributed by atoms with Gasteiger partial charge in [0.05, 0.1) is 17.7 Å². The minimum Gasteiger partial charge on any atom is -0.389 e. The van der Waals surface area contributed by atoms with Gasteiger partial charge < -0.3 is 15.3 Å². The minimum atomic E-state index is -0.929. The van der Waals surface area contributed by atoms with E-state index in [4.69, 9.17) is 5.26 Å². The lowest BCUT2D eigenvalue weighted by molar-refractivity contribution is -0.128. The Morgan fingerprint density at radius 1 is 1.43 bits per heavy atom. The van der Waals surface area contributed by atoms with Crippen molar-refractivity contribution in [3.8, 4) is 6.07 Å². The maximum atomic E-state index is 13.6. The normalized spacial score (nSPS) is 15.9. The first-order chi connectivity index (χ1) is 10.0. The fourth-order valence-corrected chi connectivity index (χ4v) is 2.24. The number of halogens is 2. The summed E-state index contributed by atoms with van der Waals surface area (Å²) in [5, 5.41) is 20.9. The Bertz CT molecular complexity index is 563. The molecule has 2 N–H and O–H groups in total. The van der Waals surface area contributed by atoms with Crippen LogP contribution in [0.4, 0.5) is 14.5 Å². The summed E-state index contributed by atoms with van der Waals surface area (Å²) >= 11 is 0. The number of anilines is 1. The van der Waals surface area contributed by atoms with Crippen LogP contribution < -0.4 is 5.32 Å². The first-order valence-corrected chi connectivity index (χ1v) is 6.60. The van der Waals surface area contributed by atoms with Gasteiger partial charge in [0.2, 0.25) is 5.91 Å². The summed E-state index contributed by atoms with van der Waals surface area (Å²) in [6.45, 7) is 0.629. The second-order valence-corrected chi connectivity index (χ2v) is 4.90. The molecule has 7 heteroatoms. The minimum absolute atomic E-state index is 0.0233. The zero-order chi connectivity index (χ0) is 15.4. The number of aliphatic hydroxyl groups is 1. The predicted molar refractivity (Wildman–Crippen MR) is 71.4 cm³/mol. The van der Waals surface area contributed by atoms with Gasteiger partial charge in [-0.25, -0.2) is 8.78 Å². The number of carbonyl (C=O) groups is 1. The van der Waals surface area contributed by atoms with E-state index in [9.17, 15) is 18.7 Å². The largest absolute Gasteiger partial charge is 0.389 e. The highest BCUT2D eigenvalue weighted by molar-refractivity contribution is 5.78. The van der Waals surface area contributed by atoms with Gasteiger partial charge in [0.1, 0.15) is 5.69 Å². The van der Waals surface area contributed by atoms with Crippen LogP contribution in [0.1, 0.15) is 18.4 Å². The van der Waals surface area contributed by atoms with Gasteiger partial charge in [0, 0.05) is 26.1 Å². The SMILES string of the molecule is N#Cc1cc(F)c(NCC(O)CN2CCCC2=O)c(F)c1. The summed E-state index contributed by atoms with van der Waals surface area (Å²) in [7, 11) is 0. The number of aliphatic hydroxyl groups excluding tert-OH is 1. The van der Waals surface area contributed by atoms with Crippen LogP contribution in [-0.4, -0.2) is 41.7 Å². The molecule has 0 aliphatic carbocycles. The van der Waals surface area contributed by atoms with Crippen molar-refractivity contribution in [2.45, 2.75) is 18.9 Å². The molecule has 0 radical (unpaired) electrons. The van der Waals surface area contributed by atoms with Gasteiger partial charge in [-0.1, -0.05) is 0 Å². The fourth-order valence-electron chi connectivity index (χ4n) is 2.24. The Morgan fingerprint density at radius 2 is 2.10 bits per heavy atom. The van der Waals surface area contributed by atoms with Gasteiger partial charge in [0.15, 0.2) is 11.6 Å². The molecule has 1 aliphatic heterocycles. The number of nitrogens with one attached hydrogen (secondary N) is 1. The lowest BCUT2D eigenvalue weighted by atomic mass is 10.2. The topological polar surface area (TPSA) is 76.4 Å². The zero-order valence-corrected chi connectivity index (χ0v) is 11.3. The van der Waals surface area contributed by atoms with Gasteiger partial charge in [-0.05, 0) is 18.6 Å². The molecule has 0 aromatic heterocycles. The van der Waals surface area contributed by atoms with Crippen LogP contribution in [0, 0.1) is 23.0 Å².